The predicted molar refractivity (Wildman–Crippen MR) is 165 cm³/mol. The summed E-state index contributed by atoms with van der Waals surface area (Å²) in [6, 6.07) is 38.6. The Morgan fingerprint density at radius 1 is 0.476 bits per heavy atom. The molecular formula is C36H22N4O2. The van der Waals surface area contributed by atoms with Gasteiger partial charge >= 0.3 is 0 Å². The van der Waals surface area contributed by atoms with Crippen LogP contribution in [0, 0.1) is 0 Å². The van der Waals surface area contributed by atoms with Crippen LogP contribution in [0.1, 0.15) is 20.7 Å². The highest BCUT2D eigenvalue weighted by molar-refractivity contribution is 6.36. The first kappa shape index (κ1) is 24.0. The molecule has 6 heteroatoms. The van der Waals surface area contributed by atoms with Gasteiger partial charge in [-0.05, 0) is 48.5 Å². The maximum atomic E-state index is 14.2. The van der Waals surface area contributed by atoms with Crippen LogP contribution >= 0.6 is 0 Å². The number of imide groups is 1. The Morgan fingerprint density at radius 3 is 1.60 bits per heavy atom. The maximum Gasteiger partial charge on any atom is 0.268 e. The Bertz CT molecular complexity index is 2080. The molecule has 0 radical (unpaired) electrons. The van der Waals surface area contributed by atoms with E-state index in [1.54, 1.807) is 30.6 Å². The van der Waals surface area contributed by atoms with Crippen molar-refractivity contribution in [3.05, 3.63) is 145 Å². The van der Waals surface area contributed by atoms with Gasteiger partial charge in [0, 0.05) is 34.3 Å². The Labute approximate surface area is 241 Å². The molecule has 7 aromatic rings. The van der Waals surface area contributed by atoms with Gasteiger partial charge in [-0.25, -0.2) is 4.90 Å². The molecule has 2 amide bonds. The summed E-state index contributed by atoms with van der Waals surface area (Å²) in [4.78, 5) is 38.5. The van der Waals surface area contributed by atoms with E-state index in [4.69, 9.17) is 0 Å². The monoisotopic (exact) mass is 542 g/mol. The molecule has 42 heavy (non-hydrogen) atoms. The van der Waals surface area contributed by atoms with Gasteiger partial charge in [-0.15, -0.1) is 0 Å². The third-order valence-corrected chi connectivity index (χ3v) is 7.84. The number of aromatic nitrogens is 3. The fourth-order valence-electron chi connectivity index (χ4n) is 6.08. The van der Waals surface area contributed by atoms with Crippen LogP contribution in [0.5, 0.6) is 0 Å². The van der Waals surface area contributed by atoms with Gasteiger partial charge in [0.2, 0.25) is 0 Å². The smallest absolute Gasteiger partial charge is 0.268 e. The SMILES string of the molecule is O=C1c2cccc(-n3c4c(-c5ccccn5)cccc4c4cccc(-c5ccccn5)c43)c2C(=O)N1c1ccccc1. The zero-order valence-corrected chi connectivity index (χ0v) is 22.3. The molecule has 4 heterocycles. The van der Waals surface area contributed by atoms with Crippen LogP contribution in [0.2, 0.25) is 0 Å². The maximum absolute atomic E-state index is 14.2. The van der Waals surface area contributed by atoms with E-state index < -0.39 is 0 Å². The first-order chi connectivity index (χ1) is 20.7. The summed E-state index contributed by atoms with van der Waals surface area (Å²) in [7, 11) is 0. The van der Waals surface area contributed by atoms with E-state index in [1.807, 2.05) is 91.0 Å². The second-order valence-corrected chi connectivity index (χ2v) is 10.1. The van der Waals surface area contributed by atoms with Crippen molar-refractivity contribution in [1.29, 1.82) is 0 Å². The number of hydrogen-bond donors (Lipinski definition) is 0. The fraction of sp³-hybridized carbons (Fsp3) is 0. The lowest BCUT2D eigenvalue weighted by molar-refractivity contribution is 0.0926. The van der Waals surface area contributed by atoms with E-state index in [1.165, 1.54) is 4.90 Å². The number of benzene rings is 4. The van der Waals surface area contributed by atoms with Crippen molar-refractivity contribution in [3.63, 3.8) is 0 Å². The molecule has 1 aliphatic heterocycles. The molecule has 4 aromatic carbocycles. The van der Waals surface area contributed by atoms with Crippen LogP contribution in [0.15, 0.2) is 134 Å². The van der Waals surface area contributed by atoms with E-state index >= 15 is 0 Å². The van der Waals surface area contributed by atoms with Crippen molar-refractivity contribution in [3.8, 4) is 28.2 Å². The minimum Gasteiger partial charge on any atom is -0.307 e. The molecule has 1 aliphatic rings. The van der Waals surface area contributed by atoms with Gasteiger partial charge in [-0.1, -0.05) is 72.8 Å². The third kappa shape index (κ3) is 3.45. The second kappa shape index (κ2) is 9.35. The van der Waals surface area contributed by atoms with Crippen molar-refractivity contribution in [2.75, 3.05) is 4.90 Å². The number of fused-ring (bicyclic) bond motifs is 4. The lowest BCUT2D eigenvalue weighted by atomic mass is 10.0. The minimum atomic E-state index is -0.350. The molecule has 6 nitrogen and oxygen atoms in total. The van der Waals surface area contributed by atoms with Gasteiger partial charge in [0.25, 0.3) is 11.8 Å². The molecule has 0 saturated carbocycles. The summed E-state index contributed by atoms with van der Waals surface area (Å²) in [5, 5.41) is 2.03. The summed E-state index contributed by atoms with van der Waals surface area (Å²) in [5.74, 6) is -0.684. The van der Waals surface area contributed by atoms with Crippen LogP contribution in [-0.2, 0) is 0 Å². The summed E-state index contributed by atoms with van der Waals surface area (Å²) in [5.41, 5.74) is 7.20. The zero-order chi connectivity index (χ0) is 28.2. The number of rotatable bonds is 4. The Kier molecular flexibility index (Phi) is 5.34. The van der Waals surface area contributed by atoms with Crippen molar-refractivity contribution in [2.45, 2.75) is 0 Å². The van der Waals surface area contributed by atoms with Crippen molar-refractivity contribution in [1.82, 2.24) is 14.5 Å². The molecule has 0 saturated heterocycles. The molecule has 0 unspecified atom stereocenters. The lowest BCUT2D eigenvalue weighted by Gasteiger charge is -2.16. The summed E-state index contributed by atoms with van der Waals surface area (Å²) in [6.45, 7) is 0. The molecule has 0 fully saturated rings. The fourth-order valence-corrected chi connectivity index (χ4v) is 6.08. The number of carbonyl (C=O) groups is 2. The van der Waals surface area contributed by atoms with Gasteiger partial charge in [0.05, 0.1) is 44.9 Å². The molecule has 0 N–H and O–H groups in total. The van der Waals surface area contributed by atoms with E-state index in [9.17, 15) is 9.59 Å². The topological polar surface area (TPSA) is 68.1 Å². The first-order valence-corrected chi connectivity index (χ1v) is 13.7. The number of carbonyl (C=O) groups excluding carboxylic acids is 2. The predicted octanol–water partition coefficient (Wildman–Crippen LogP) is 7.71. The van der Waals surface area contributed by atoms with E-state index in [0.29, 0.717) is 22.5 Å². The van der Waals surface area contributed by atoms with Gasteiger partial charge in [-0.3, -0.25) is 19.6 Å². The lowest BCUT2D eigenvalue weighted by Crippen LogP contribution is -2.29. The number of amides is 2. The number of anilines is 1. The van der Waals surface area contributed by atoms with Crippen LogP contribution in [0.4, 0.5) is 5.69 Å². The standard InChI is InChI=1S/C36H22N4O2/c41-35-28-17-10-20-31(32(28)36(42)39(35)23-11-2-1-3-12-23)40-33-24(13-8-15-26(33)29-18-4-6-21-37-29)25-14-9-16-27(34(25)40)30-19-5-7-22-38-30/h1-22H. The number of para-hydroxylation sites is 3. The van der Waals surface area contributed by atoms with Gasteiger partial charge in [-0.2, -0.15) is 0 Å². The molecule has 0 atom stereocenters. The van der Waals surface area contributed by atoms with Gasteiger partial charge in [0.15, 0.2) is 0 Å². The average Bonchev–Trinajstić information content (AvgIpc) is 3.53. The van der Waals surface area contributed by atoms with Crippen LogP contribution in [-0.4, -0.2) is 26.3 Å². The highest BCUT2D eigenvalue weighted by Gasteiger charge is 2.39. The van der Waals surface area contributed by atoms with Crippen LogP contribution in [0.3, 0.4) is 0 Å². The van der Waals surface area contributed by atoms with Crippen LogP contribution in [0.25, 0.3) is 50.0 Å². The normalized spacial score (nSPS) is 12.8. The summed E-state index contributed by atoms with van der Waals surface area (Å²) < 4.78 is 2.12. The van der Waals surface area contributed by atoms with Crippen molar-refractivity contribution >= 4 is 39.3 Å². The Morgan fingerprint density at radius 2 is 1.02 bits per heavy atom. The molecule has 0 aliphatic carbocycles. The Balaban J connectivity index is 1.51. The van der Waals surface area contributed by atoms with Crippen LogP contribution < -0.4 is 4.90 Å². The molecule has 0 bridgehead atoms. The second-order valence-electron chi connectivity index (χ2n) is 10.1. The van der Waals surface area contributed by atoms with E-state index in [0.717, 1.165) is 44.3 Å². The van der Waals surface area contributed by atoms with Crippen molar-refractivity contribution < 1.29 is 9.59 Å². The zero-order valence-electron chi connectivity index (χ0n) is 22.3. The number of pyridine rings is 2. The van der Waals surface area contributed by atoms with E-state index in [-0.39, 0.29) is 11.8 Å². The Hall–Kier alpha value is -5.88. The summed E-state index contributed by atoms with van der Waals surface area (Å²) >= 11 is 0. The highest BCUT2D eigenvalue weighted by atomic mass is 16.2. The van der Waals surface area contributed by atoms with Gasteiger partial charge in [0.1, 0.15) is 0 Å². The first-order valence-electron chi connectivity index (χ1n) is 13.7. The molecule has 0 spiro atoms. The third-order valence-electron chi connectivity index (χ3n) is 7.84. The summed E-state index contributed by atoms with van der Waals surface area (Å²) in [6.07, 6.45) is 3.56. The average molecular weight is 543 g/mol. The molecular weight excluding hydrogens is 520 g/mol. The molecule has 8 rings (SSSR count). The van der Waals surface area contributed by atoms with Crippen molar-refractivity contribution in [2.24, 2.45) is 0 Å². The van der Waals surface area contributed by atoms with E-state index in [2.05, 4.69) is 26.7 Å². The number of hydrogen-bond acceptors (Lipinski definition) is 4. The number of nitrogens with zero attached hydrogens (tertiary/aromatic N) is 4. The highest BCUT2D eigenvalue weighted by Crippen LogP contribution is 2.43. The largest absolute Gasteiger partial charge is 0.307 e. The molecule has 198 valence electrons. The molecule has 3 aromatic heterocycles. The quantitative estimate of drug-likeness (QED) is 0.214. The minimum absolute atomic E-state index is 0.335. The van der Waals surface area contributed by atoms with Gasteiger partial charge < -0.3 is 4.57 Å².